The first-order valence-corrected chi connectivity index (χ1v) is 6.76. The van der Waals surface area contributed by atoms with Crippen molar-refractivity contribution in [1.29, 1.82) is 0 Å². The van der Waals surface area contributed by atoms with Crippen LogP contribution in [0.4, 0.5) is 0 Å². The van der Waals surface area contributed by atoms with Crippen molar-refractivity contribution in [2.75, 3.05) is 27.4 Å². The summed E-state index contributed by atoms with van der Waals surface area (Å²) in [5.74, 6) is 1.53. The average Bonchev–Trinajstić information content (AvgIpc) is 2.43. The van der Waals surface area contributed by atoms with Gasteiger partial charge in [-0.2, -0.15) is 0 Å². The minimum absolute atomic E-state index is 0.270. The van der Waals surface area contributed by atoms with Crippen LogP contribution in [0.25, 0.3) is 0 Å². The Hall–Kier alpha value is -1.26. The molecular formula is C15H25NO3. The molecule has 0 fully saturated rings. The zero-order chi connectivity index (χ0) is 14.1. The molecule has 0 heterocycles. The van der Waals surface area contributed by atoms with Gasteiger partial charge in [-0.1, -0.05) is 6.07 Å². The lowest BCUT2D eigenvalue weighted by Gasteiger charge is -2.15. The summed E-state index contributed by atoms with van der Waals surface area (Å²) >= 11 is 0. The molecule has 0 aliphatic heterocycles. The van der Waals surface area contributed by atoms with E-state index in [1.807, 2.05) is 12.1 Å². The molecule has 1 unspecified atom stereocenters. The van der Waals surface area contributed by atoms with Crippen LogP contribution < -0.4 is 14.8 Å². The van der Waals surface area contributed by atoms with Gasteiger partial charge in [-0.15, -0.1) is 0 Å². The third-order valence-corrected chi connectivity index (χ3v) is 3.07. The maximum absolute atomic E-state index is 8.72. The Bertz CT molecular complexity index is 368. The van der Waals surface area contributed by atoms with Crippen molar-refractivity contribution in [2.24, 2.45) is 0 Å². The van der Waals surface area contributed by atoms with Crippen LogP contribution in [-0.2, 0) is 6.42 Å². The molecule has 4 heteroatoms. The van der Waals surface area contributed by atoms with Crippen LogP contribution in [0.3, 0.4) is 0 Å². The van der Waals surface area contributed by atoms with E-state index < -0.39 is 0 Å². The molecule has 0 aromatic heterocycles. The van der Waals surface area contributed by atoms with Gasteiger partial charge in [0.2, 0.25) is 0 Å². The van der Waals surface area contributed by atoms with Gasteiger partial charge in [0.25, 0.3) is 0 Å². The lowest BCUT2D eigenvalue weighted by atomic mass is 10.1. The van der Waals surface area contributed by atoms with Crippen molar-refractivity contribution in [3.05, 3.63) is 23.8 Å². The first-order chi connectivity index (χ1) is 9.21. The van der Waals surface area contributed by atoms with Gasteiger partial charge >= 0.3 is 0 Å². The number of aliphatic hydroxyl groups excluding tert-OH is 1. The minimum Gasteiger partial charge on any atom is -0.493 e. The fourth-order valence-electron chi connectivity index (χ4n) is 2.02. The molecule has 1 aromatic carbocycles. The molecule has 4 nitrogen and oxygen atoms in total. The Morgan fingerprint density at radius 3 is 2.53 bits per heavy atom. The van der Waals surface area contributed by atoms with Gasteiger partial charge in [-0.05, 0) is 50.4 Å². The van der Waals surface area contributed by atoms with E-state index in [4.69, 9.17) is 14.6 Å². The Morgan fingerprint density at radius 2 is 1.89 bits per heavy atom. The van der Waals surface area contributed by atoms with E-state index in [1.165, 1.54) is 5.56 Å². The van der Waals surface area contributed by atoms with Gasteiger partial charge in [0.1, 0.15) is 0 Å². The third-order valence-electron chi connectivity index (χ3n) is 3.07. The van der Waals surface area contributed by atoms with E-state index in [0.717, 1.165) is 37.3 Å². The summed E-state index contributed by atoms with van der Waals surface area (Å²) in [4.78, 5) is 0. The third kappa shape index (κ3) is 5.49. The highest BCUT2D eigenvalue weighted by Crippen LogP contribution is 2.27. The highest BCUT2D eigenvalue weighted by molar-refractivity contribution is 5.43. The number of benzene rings is 1. The van der Waals surface area contributed by atoms with E-state index >= 15 is 0 Å². The molecule has 19 heavy (non-hydrogen) atoms. The van der Waals surface area contributed by atoms with Crippen molar-refractivity contribution in [1.82, 2.24) is 5.32 Å². The van der Waals surface area contributed by atoms with Crippen molar-refractivity contribution in [3.63, 3.8) is 0 Å². The zero-order valence-corrected chi connectivity index (χ0v) is 12.1. The Labute approximate surface area is 115 Å². The molecule has 0 radical (unpaired) electrons. The number of aliphatic hydroxyl groups is 1. The number of unbranched alkanes of at least 4 members (excludes halogenated alkanes) is 1. The lowest BCUT2D eigenvalue weighted by Crippen LogP contribution is -2.29. The summed E-state index contributed by atoms with van der Waals surface area (Å²) < 4.78 is 10.5. The van der Waals surface area contributed by atoms with Gasteiger partial charge in [-0.3, -0.25) is 0 Å². The molecule has 1 rings (SSSR count). The van der Waals surface area contributed by atoms with Crippen molar-refractivity contribution < 1.29 is 14.6 Å². The van der Waals surface area contributed by atoms with Gasteiger partial charge in [0.05, 0.1) is 14.2 Å². The molecule has 0 bridgehead atoms. The maximum atomic E-state index is 8.72. The summed E-state index contributed by atoms with van der Waals surface area (Å²) in [6.07, 6.45) is 2.81. The normalized spacial score (nSPS) is 12.2. The fraction of sp³-hybridized carbons (Fsp3) is 0.600. The number of rotatable bonds is 9. The second-order valence-electron chi connectivity index (χ2n) is 4.68. The zero-order valence-electron chi connectivity index (χ0n) is 12.1. The largest absolute Gasteiger partial charge is 0.493 e. The maximum Gasteiger partial charge on any atom is 0.160 e. The number of hydrogen-bond donors (Lipinski definition) is 2. The van der Waals surface area contributed by atoms with Crippen LogP contribution in [-0.4, -0.2) is 38.5 Å². The molecule has 2 N–H and O–H groups in total. The first-order valence-electron chi connectivity index (χ1n) is 6.76. The van der Waals surface area contributed by atoms with E-state index in [1.54, 1.807) is 14.2 Å². The van der Waals surface area contributed by atoms with Crippen molar-refractivity contribution >= 4 is 0 Å². The predicted molar refractivity (Wildman–Crippen MR) is 77.0 cm³/mol. The molecule has 0 spiro atoms. The van der Waals surface area contributed by atoms with E-state index in [2.05, 4.69) is 18.3 Å². The fourth-order valence-corrected chi connectivity index (χ4v) is 2.02. The second-order valence-corrected chi connectivity index (χ2v) is 4.68. The predicted octanol–water partition coefficient (Wildman–Crippen LogP) is 2.00. The summed E-state index contributed by atoms with van der Waals surface area (Å²) in [7, 11) is 3.29. The van der Waals surface area contributed by atoms with Crippen LogP contribution in [0.5, 0.6) is 11.5 Å². The molecule has 108 valence electrons. The van der Waals surface area contributed by atoms with Crippen LogP contribution in [0.15, 0.2) is 18.2 Å². The number of ether oxygens (including phenoxy) is 2. The number of nitrogens with one attached hydrogen (secondary N) is 1. The smallest absolute Gasteiger partial charge is 0.160 e. The molecule has 0 saturated heterocycles. The molecule has 0 aliphatic carbocycles. The molecule has 0 amide bonds. The second kappa shape index (κ2) is 8.77. The Kier molecular flexibility index (Phi) is 7.30. The van der Waals surface area contributed by atoms with E-state index in [0.29, 0.717) is 6.04 Å². The summed E-state index contributed by atoms with van der Waals surface area (Å²) in [6.45, 7) is 3.37. The summed E-state index contributed by atoms with van der Waals surface area (Å²) in [6, 6.07) is 6.42. The van der Waals surface area contributed by atoms with Crippen molar-refractivity contribution in [3.8, 4) is 11.5 Å². The van der Waals surface area contributed by atoms with Gasteiger partial charge < -0.3 is 19.9 Å². The molecule has 1 aromatic rings. The van der Waals surface area contributed by atoms with Gasteiger partial charge in [-0.25, -0.2) is 0 Å². The molecule has 0 saturated carbocycles. The number of hydrogen-bond acceptors (Lipinski definition) is 4. The van der Waals surface area contributed by atoms with Crippen LogP contribution in [0, 0.1) is 0 Å². The summed E-state index contributed by atoms with van der Waals surface area (Å²) in [5, 5.41) is 12.2. The highest BCUT2D eigenvalue weighted by Gasteiger charge is 2.07. The Morgan fingerprint density at radius 1 is 1.16 bits per heavy atom. The van der Waals surface area contributed by atoms with Crippen LogP contribution >= 0.6 is 0 Å². The monoisotopic (exact) mass is 267 g/mol. The average molecular weight is 267 g/mol. The van der Waals surface area contributed by atoms with E-state index in [-0.39, 0.29) is 6.61 Å². The minimum atomic E-state index is 0.270. The molecule has 0 aliphatic rings. The number of methoxy groups -OCH3 is 2. The van der Waals surface area contributed by atoms with E-state index in [9.17, 15) is 0 Å². The van der Waals surface area contributed by atoms with Gasteiger partial charge in [0.15, 0.2) is 11.5 Å². The standard InChI is InChI=1S/C15H25NO3/c1-12(16-8-4-5-9-17)10-13-6-7-14(18-2)15(11-13)19-3/h6-7,11-12,16-17H,4-5,8-10H2,1-3H3. The highest BCUT2D eigenvalue weighted by atomic mass is 16.5. The van der Waals surface area contributed by atoms with Gasteiger partial charge in [0, 0.05) is 12.6 Å². The lowest BCUT2D eigenvalue weighted by molar-refractivity contribution is 0.282. The summed E-state index contributed by atoms with van der Waals surface area (Å²) in [5.41, 5.74) is 1.22. The van der Waals surface area contributed by atoms with Crippen LogP contribution in [0.1, 0.15) is 25.3 Å². The first kappa shape index (κ1) is 15.8. The topological polar surface area (TPSA) is 50.7 Å². The molecule has 1 atom stereocenters. The SMILES string of the molecule is COc1ccc(CC(C)NCCCCO)cc1OC. The Balaban J connectivity index is 2.47. The van der Waals surface area contributed by atoms with Crippen LogP contribution in [0.2, 0.25) is 0 Å². The van der Waals surface area contributed by atoms with Crippen molar-refractivity contribution in [2.45, 2.75) is 32.2 Å². The quantitative estimate of drug-likeness (QED) is 0.672. The molecular weight excluding hydrogens is 242 g/mol.